The van der Waals surface area contributed by atoms with Crippen molar-refractivity contribution in [2.45, 2.75) is 32.0 Å². The quantitative estimate of drug-likeness (QED) is 0.711. The van der Waals surface area contributed by atoms with Crippen LogP contribution in [0.5, 0.6) is 0 Å². The molecule has 0 radical (unpaired) electrons. The maximum atomic E-state index is 13.1. The Morgan fingerprint density at radius 1 is 1.41 bits per heavy atom. The second-order valence-electron chi connectivity index (χ2n) is 5.81. The topological polar surface area (TPSA) is 79.7 Å². The van der Waals surface area contributed by atoms with Gasteiger partial charge in [-0.3, -0.25) is 14.4 Å². The molecule has 0 aliphatic carbocycles. The number of nitriles is 1. The molecule has 0 fully saturated rings. The molecule has 7 nitrogen and oxygen atoms in total. The van der Waals surface area contributed by atoms with Crippen molar-refractivity contribution in [3.05, 3.63) is 22.5 Å². The molecule has 2 aromatic rings. The van der Waals surface area contributed by atoms with Crippen molar-refractivity contribution in [2.24, 2.45) is 0 Å². The zero-order valence-electron chi connectivity index (χ0n) is 13.8. The second kappa shape index (κ2) is 7.40. The Morgan fingerprint density at radius 3 is 2.74 bits per heavy atom. The number of anilines is 1. The lowest BCUT2D eigenvalue weighted by molar-refractivity contribution is -0.170. The molecule has 12 heteroatoms. The molecule has 3 heterocycles. The molecule has 27 heavy (non-hydrogen) atoms. The lowest BCUT2D eigenvalue weighted by Gasteiger charge is -2.23. The van der Waals surface area contributed by atoms with E-state index in [-0.39, 0.29) is 28.1 Å². The van der Waals surface area contributed by atoms with E-state index < -0.39 is 18.6 Å². The van der Waals surface area contributed by atoms with Crippen molar-refractivity contribution in [3.63, 3.8) is 0 Å². The first-order chi connectivity index (χ1) is 12.8. The van der Waals surface area contributed by atoms with E-state index >= 15 is 0 Å². The number of carbonyl (C=O) groups excluding carboxylic acids is 1. The molecule has 3 rings (SSSR count). The van der Waals surface area contributed by atoms with Gasteiger partial charge in [0.05, 0.1) is 11.9 Å². The van der Waals surface area contributed by atoms with Gasteiger partial charge in [0, 0.05) is 19.0 Å². The molecule has 0 saturated carbocycles. The van der Waals surface area contributed by atoms with Gasteiger partial charge in [0.1, 0.15) is 16.7 Å². The Bertz CT molecular complexity index is 914. The average molecular weight is 421 g/mol. The van der Waals surface area contributed by atoms with Gasteiger partial charge < -0.3 is 0 Å². The first kappa shape index (κ1) is 19.5. The average Bonchev–Trinajstić information content (AvgIpc) is 3.19. The van der Waals surface area contributed by atoms with Gasteiger partial charge in [0.15, 0.2) is 11.6 Å². The normalized spacial score (nSPS) is 13.9. The Morgan fingerprint density at radius 2 is 2.15 bits per heavy atom. The molecule has 0 atom stereocenters. The number of carbonyl (C=O) groups is 1. The highest BCUT2D eigenvalue weighted by Gasteiger charge is 2.44. The van der Waals surface area contributed by atoms with Crippen LogP contribution in [0.1, 0.15) is 24.1 Å². The zero-order valence-corrected chi connectivity index (χ0v) is 15.3. The van der Waals surface area contributed by atoms with Crippen LogP contribution in [0.3, 0.4) is 0 Å². The summed E-state index contributed by atoms with van der Waals surface area (Å²) in [4.78, 5) is 12.3. The van der Waals surface area contributed by atoms with Crippen molar-refractivity contribution in [2.75, 3.05) is 17.3 Å². The molecule has 1 aliphatic rings. The van der Waals surface area contributed by atoms with Gasteiger partial charge in [0.25, 0.3) is 0 Å². The minimum Gasteiger partial charge on any atom is -0.286 e. The van der Waals surface area contributed by atoms with Crippen molar-refractivity contribution >= 4 is 34.9 Å². The van der Waals surface area contributed by atoms with E-state index in [4.69, 9.17) is 23.2 Å². The van der Waals surface area contributed by atoms with Gasteiger partial charge in [-0.15, -0.1) is 11.6 Å². The van der Waals surface area contributed by atoms with Crippen LogP contribution in [-0.4, -0.2) is 44.1 Å². The molecule has 0 aromatic carbocycles. The van der Waals surface area contributed by atoms with Crippen LogP contribution >= 0.6 is 23.2 Å². The van der Waals surface area contributed by atoms with E-state index in [2.05, 4.69) is 10.2 Å². The summed E-state index contributed by atoms with van der Waals surface area (Å²) in [6.07, 6.45) is -1.61. The summed E-state index contributed by atoms with van der Waals surface area (Å²) >= 11 is 12.0. The van der Waals surface area contributed by atoms with Crippen molar-refractivity contribution in [1.82, 2.24) is 19.6 Å². The third-order valence-electron chi connectivity index (χ3n) is 4.13. The Balaban J connectivity index is 2.17. The molecule has 1 amide bonds. The molecule has 144 valence electrons. The summed E-state index contributed by atoms with van der Waals surface area (Å²) in [5.74, 6) is -2.72. The first-order valence-electron chi connectivity index (χ1n) is 7.98. The number of aromatic nitrogens is 4. The van der Waals surface area contributed by atoms with Crippen molar-refractivity contribution in [3.8, 4) is 11.9 Å². The van der Waals surface area contributed by atoms with Gasteiger partial charge in [-0.25, -0.2) is 0 Å². The molecule has 0 unspecified atom stereocenters. The molecule has 1 aliphatic heterocycles. The highest BCUT2D eigenvalue weighted by molar-refractivity contribution is 6.33. The Labute approximate surface area is 161 Å². The maximum absolute atomic E-state index is 13.1. The van der Waals surface area contributed by atoms with E-state index in [1.54, 1.807) is 10.8 Å². The smallest absolute Gasteiger partial charge is 0.286 e. The molecule has 0 N–H and O–H groups in total. The Hall–Kier alpha value is -2.25. The van der Waals surface area contributed by atoms with Gasteiger partial charge >= 0.3 is 12.1 Å². The molecule has 0 saturated heterocycles. The fourth-order valence-corrected chi connectivity index (χ4v) is 3.43. The van der Waals surface area contributed by atoms with Crippen LogP contribution in [0.15, 0.2) is 6.20 Å². The minimum atomic E-state index is -5.15. The van der Waals surface area contributed by atoms with E-state index in [1.807, 2.05) is 0 Å². The Kier molecular flexibility index (Phi) is 5.35. The number of hydrogen-bond acceptors (Lipinski definition) is 4. The number of fused-ring (bicyclic) bond motifs is 1. The predicted octanol–water partition coefficient (Wildman–Crippen LogP) is 3.06. The SMILES string of the molecule is N#Cc1cnn(-c2nn3c(c2Cl)CCCC3)c1N(CCCl)C(=O)C(F)(F)F. The number of hydrogen-bond donors (Lipinski definition) is 0. The molecular weight excluding hydrogens is 408 g/mol. The molecule has 0 spiro atoms. The molecule has 2 aromatic heterocycles. The third-order valence-corrected chi connectivity index (χ3v) is 4.68. The van der Waals surface area contributed by atoms with Gasteiger partial charge in [-0.2, -0.15) is 33.3 Å². The summed E-state index contributed by atoms with van der Waals surface area (Å²) < 4.78 is 41.8. The summed E-state index contributed by atoms with van der Waals surface area (Å²) in [6.45, 7) is 0.148. The van der Waals surface area contributed by atoms with E-state index in [0.29, 0.717) is 17.9 Å². The van der Waals surface area contributed by atoms with E-state index in [0.717, 1.165) is 29.4 Å². The molecule has 0 bridgehead atoms. The monoisotopic (exact) mass is 420 g/mol. The number of amides is 1. The van der Waals surface area contributed by atoms with Gasteiger partial charge in [-0.1, -0.05) is 11.6 Å². The van der Waals surface area contributed by atoms with Gasteiger partial charge in [-0.05, 0) is 19.3 Å². The maximum Gasteiger partial charge on any atom is 0.471 e. The summed E-state index contributed by atoms with van der Waals surface area (Å²) in [5.41, 5.74) is 0.517. The second-order valence-corrected chi connectivity index (χ2v) is 6.57. The first-order valence-corrected chi connectivity index (χ1v) is 8.89. The van der Waals surface area contributed by atoms with Crippen LogP contribution in [0.2, 0.25) is 5.02 Å². The van der Waals surface area contributed by atoms with Crippen LogP contribution in [-0.2, 0) is 17.8 Å². The minimum absolute atomic E-state index is 0.0691. The van der Waals surface area contributed by atoms with E-state index in [1.165, 1.54) is 0 Å². The number of nitrogens with zero attached hydrogens (tertiary/aromatic N) is 6. The predicted molar refractivity (Wildman–Crippen MR) is 91.1 cm³/mol. The van der Waals surface area contributed by atoms with Crippen LogP contribution < -0.4 is 4.90 Å². The summed E-state index contributed by atoms with van der Waals surface area (Å²) in [5, 5.41) is 17.8. The highest BCUT2D eigenvalue weighted by atomic mass is 35.5. The number of halogens is 5. The highest BCUT2D eigenvalue weighted by Crippen LogP contribution is 2.33. The fourth-order valence-electron chi connectivity index (χ4n) is 2.95. The van der Waals surface area contributed by atoms with Crippen LogP contribution in [0, 0.1) is 11.3 Å². The van der Waals surface area contributed by atoms with Crippen LogP contribution in [0.25, 0.3) is 5.82 Å². The van der Waals surface area contributed by atoms with E-state index in [9.17, 15) is 23.2 Å². The largest absolute Gasteiger partial charge is 0.471 e. The lowest BCUT2D eigenvalue weighted by atomic mass is 10.1. The standard InChI is InChI=1S/C15H13Cl2F3N6O/c16-4-6-24(14(27)15(18,19)20)13-9(7-21)8-22-26(13)12-11(17)10-3-1-2-5-25(10)23-12/h8H,1-6H2. The number of aryl methyl sites for hydroxylation is 1. The fraction of sp³-hybridized carbons (Fsp3) is 0.467. The summed E-state index contributed by atoms with van der Waals surface area (Å²) in [6, 6.07) is 1.75. The van der Waals surface area contributed by atoms with Crippen molar-refractivity contribution < 1.29 is 18.0 Å². The zero-order chi connectivity index (χ0) is 19.8. The molecular formula is C15H13Cl2F3N6O. The van der Waals surface area contributed by atoms with Crippen LogP contribution in [0.4, 0.5) is 19.0 Å². The van der Waals surface area contributed by atoms with Crippen molar-refractivity contribution in [1.29, 1.82) is 5.26 Å². The number of alkyl halides is 4. The van der Waals surface area contributed by atoms with Gasteiger partial charge in [0.2, 0.25) is 0 Å². The lowest BCUT2D eigenvalue weighted by Crippen LogP contribution is -2.43. The third kappa shape index (κ3) is 3.49. The number of rotatable bonds is 4. The summed E-state index contributed by atoms with van der Waals surface area (Å²) in [7, 11) is 0.